The lowest BCUT2D eigenvalue weighted by molar-refractivity contribution is 0.318. The van der Waals surface area contributed by atoms with Crippen LogP contribution in [0.1, 0.15) is 11.1 Å². The summed E-state index contributed by atoms with van der Waals surface area (Å²) in [6.45, 7) is 1.95. The number of benzene rings is 2. The van der Waals surface area contributed by atoms with E-state index in [-0.39, 0.29) is 5.84 Å². The van der Waals surface area contributed by atoms with Crippen LogP contribution in [0.15, 0.2) is 50.5 Å². The fourth-order valence-electron chi connectivity index (χ4n) is 1.65. The van der Waals surface area contributed by atoms with Gasteiger partial charge in [-0.1, -0.05) is 43.1 Å². The first kappa shape index (κ1) is 14.9. The third kappa shape index (κ3) is 3.32. The Morgan fingerprint density at radius 2 is 1.70 bits per heavy atom. The summed E-state index contributed by atoms with van der Waals surface area (Å²) in [6.07, 6.45) is 0. The summed E-state index contributed by atoms with van der Waals surface area (Å²) in [5.74, 6) is 1.21. The lowest BCUT2D eigenvalue weighted by Gasteiger charge is -2.13. The third-order valence-electron chi connectivity index (χ3n) is 2.70. The van der Waals surface area contributed by atoms with Gasteiger partial charge in [-0.3, -0.25) is 0 Å². The fourth-order valence-corrected chi connectivity index (χ4v) is 2.33. The number of hydrogen-bond acceptors (Lipinski definition) is 3. The van der Waals surface area contributed by atoms with Gasteiger partial charge in [0, 0.05) is 8.95 Å². The van der Waals surface area contributed by atoms with Crippen LogP contribution in [-0.4, -0.2) is 11.0 Å². The predicted molar refractivity (Wildman–Crippen MR) is 85.6 cm³/mol. The Kier molecular flexibility index (Phi) is 4.67. The highest BCUT2D eigenvalue weighted by atomic mass is 79.9. The maximum atomic E-state index is 8.83. The third-order valence-corrected chi connectivity index (χ3v) is 3.68. The monoisotopic (exact) mass is 398 g/mol. The number of aryl methyl sites for hydroxylation is 1. The average molecular weight is 400 g/mol. The van der Waals surface area contributed by atoms with Crippen molar-refractivity contribution in [2.24, 2.45) is 10.9 Å². The highest BCUT2D eigenvalue weighted by Gasteiger charge is 2.11. The molecular formula is C14H12Br2N2O2. The Hall–Kier alpha value is -1.53. The zero-order chi connectivity index (χ0) is 14.7. The van der Waals surface area contributed by atoms with E-state index in [0.29, 0.717) is 17.1 Å². The van der Waals surface area contributed by atoms with Gasteiger partial charge in [-0.15, -0.1) is 0 Å². The zero-order valence-corrected chi connectivity index (χ0v) is 13.8. The van der Waals surface area contributed by atoms with Crippen molar-refractivity contribution in [3.05, 3.63) is 56.5 Å². The Morgan fingerprint density at radius 1 is 1.10 bits per heavy atom. The molecule has 0 aliphatic heterocycles. The Morgan fingerprint density at radius 3 is 2.35 bits per heavy atom. The molecule has 6 heteroatoms. The van der Waals surface area contributed by atoms with E-state index in [2.05, 4.69) is 37.0 Å². The fraction of sp³-hybridized carbons (Fsp3) is 0.0714. The van der Waals surface area contributed by atoms with Gasteiger partial charge in [0.25, 0.3) is 0 Å². The van der Waals surface area contributed by atoms with Gasteiger partial charge in [0.15, 0.2) is 5.84 Å². The van der Waals surface area contributed by atoms with Crippen LogP contribution in [-0.2, 0) is 0 Å². The van der Waals surface area contributed by atoms with Crippen molar-refractivity contribution in [1.82, 2.24) is 0 Å². The Balaban J connectivity index is 2.47. The van der Waals surface area contributed by atoms with E-state index in [9.17, 15) is 0 Å². The zero-order valence-electron chi connectivity index (χ0n) is 10.6. The molecule has 0 amide bonds. The first-order valence-corrected chi connectivity index (χ1v) is 7.31. The maximum Gasteiger partial charge on any atom is 0.173 e. The molecule has 2 aromatic rings. The molecule has 0 spiro atoms. The molecule has 2 rings (SSSR count). The quantitative estimate of drug-likeness (QED) is 0.347. The van der Waals surface area contributed by atoms with Crippen molar-refractivity contribution in [1.29, 1.82) is 0 Å². The minimum Gasteiger partial charge on any atom is -0.456 e. The topological polar surface area (TPSA) is 67.8 Å². The highest BCUT2D eigenvalue weighted by molar-refractivity contribution is 9.10. The number of rotatable bonds is 3. The molecule has 0 bridgehead atoms. The van der Waals surface area contributed by atoms with Gasteiger partial charge in [0.2, 0.25) is 0 Å². The lowest BCUT2D eigenvalue weighted by atomic mass is 10.1. The summed E-state index contributed by atoms with van der Waals surface area (Å²) in [6, 6.07) is 11.0. The summed E-state index contributed by atoms with van der Waals surface area (Å²) in [5, 5.41) is 11.9. The van der Waals surface area contributed by atoms with Crippen LogP contribution in [0.3, 0.4) is 0 Å². The normalized spacial score (nSPS) is 11.4. The molecule has 2 aromatic carbocycles. The first-order chi connectivity index (χ1) is 9.51. The first-order valence-electron chi connectivity index (χ1n) is 5.72. The van der Waals surface area contributed by atoms with Gasteiger partial charge < -0.3 is 15.7 Å². The van der Waals surface area contributed by atoms with Crippen molar-refractivity contribution in [2.75, 3.05) is 0 Å². The second-order valence-corrected chi connectivity index (χ2v) is 5.97. The minimum absolute atomic E-state index is 0.000139. The van der Waals surface area contributed by atoms with Crippen LogP contribution >= 0.6 is 31.9 Å². The SMILES string of the molecule is Cc1ccc(Br)cc1Oc1cc(Br)ccc1/C(N)=N/O. The molecule has 3 N–H and O–H groups in total. The van der Waals surface area contributed by atoms with Crippen molar-refractivity contribution in [3.8, 4) is 11.5 Å². The van der Waals surface area contributed by atoms with E-state index in [1.807, 2.05) is 25.1 Å². The molecule has 0 atom stereocenters. The van der Waals surface area contributed by atoms with Crippen molar-refractivity contribution in [2.45, 2.75) is 6.92 Å². The van der Waals surface area contributed by atoms with Crippen LogP contribution in [0.5, 0.6) is 11.5 Å². The number of oxime groups is 1. The molecular weight excluding hydrogens is 388 g/mol. The highest BCUT2D eigenvalue weighted by Crippen LogP contribution is 2.32. The van der Waals surface area contributed by atoms with E-state index in [1.54, 1.807) is 18.2 Å². The number of nitrogens with zero attached hydrogens (tertiary/aromatic N) is 1. The number of ether oxygens (including phenoxy) is 1. The molecule has 0 aliphatic carbocycles. The van der Waals surface area contributed by atoms with E-state index in [1.165, 1.54) is 0 Å². The molecule has 4 nitrogen and oxygen atoms in total. The number of amidine groups is 1. The van der Waals surface area contributed by atoms with Crippen molar-refractivity contribution >= 4 is 37.7 Å². The molecule has 0 aliphatic rings. The molecule has 0 radical (unpaired) electrons. The average Bonchev–Trinajstić information content (AvgIpc) is 2.42. The maximum absolute atomic E-state index is 8.83. The van der Waals surface area contributed by atoms with Gasteiger partial charge in [-0.25, -0.2) is 0 Å². The van der Waals surface area contributed by atoms with Gasteiger partial charge in [0.1, 0.15) is 11.5 Å². The Bertz CT molecular complexity index is 672. The van der Waals surface area contributed by atoms with Crippen LogP contribution in [0.2, 0.25) is 0 Å². The van der Waals surface area contributed by atoms with Gasteiger partial charge >= 0.3 is 0 Å². The molecule has 0 unspecified atom stereocenters. The van der Waals surface area contributed by atoms with Crippen molar-refractivity contribution < 1.29 is 9.94 Å². The molecule has 0 heterocycles. The van der Waals surface area contributed by atoms with Crippen LogP contribution in [0, 0.1) is 6.92 Å². The molecule has 20 heavy (non-hydrogen) atoms. The molecule has 0 aromatic heterocycles. The Labute approximate surface area is 133 Å². The molecule has 0 fully saturated rings. The minimum atomic E-state index is 0.000139. The summed E-state index contributed by atoms with van der Waals surface area (Å²) >= 11 is 6.79. The summed E-state index contributed by atoms with van der Waals surface area (Å²) < 4.78 is 7.65. The molecule has 0 saturated heterocycles. The van der Waals surface area contributed by atoms with Crippen LogP contribution < -0.4 is 10.5 Å². The van der Waals surface area contributed by atoms with E-state index < -0.39 is 0 Å². The lowest BCUT2D eigenvalue weighted by Crippen LogP contribution is -2.14. The largest absolute Gasteiger partial charge is 0.456 e. The van der Waals surface area contributed by atoms with Gasteiger partial charge in [-0.05, 0) is 42.8 Å². The van der Waals surface area contributed by atoms with Gasteiger partial charge in [-0.2, -0.15) is 0 Å². The van der Waals surface area contributed by atoms with Crippen LogP contribution in [0.25, 0.3) is 0 Å². The summed E-state index contributed by atoms with van der Waals surface area (Å²) in [7, 11) is 0. The number of nitrogens with two attached hydrogens (primary N) is 1. The standard InChI is InChI=1S/C14H12Br2N2O2/c1-8-2-3-9(15)6-12(8)20-13-7-10(16)4-5-11(13)14(17)18-19/h2-7,19H,1H3,(H2,17,18). The van der Waals surface area contributed by atoms with Gasteiger partial charge in [0.05, 0.1) is 5.56 Å². The van der Waals surface area contributed by atoms with E-state index in [0.717, 1.165) is 14.5 Å². The molecule has 104 valence electrons. The van der Waals surface area contributed by atoms with Crippen LogP contribution in [0.4, 0.5) is 0 Å². The summed E-state index contributed by atoms with van der Waals surface area (Å²) in [5.41, 5.74) is 7.17. The van der Waals surface area contributed by atoms with E-state index in [4.69, 9.17) is 15.7 Å². The predicted octanol–water partition coefficient (Wildman–Crippen LogP) is 4.41. The van der Waals surface area contributed by atoms with Crippen molar-refractivity contribution in [3.63, 3.8) is 0 Å². The second-order valence-electron chi connectivity index (χ2n) is 4.14. The summed E-state index contributed by atoms with van der Waals surface area (Å²) in [4.78, 5) is 0. The number of hydrogen-bond donors (Lipinski definition) is 2. The smallest absolute Gasteiger partial charge is 0.173 e. The van der Waals surface area contributed by atoms with E-state index >= 15 is 0 Å². The second kappa shape index (κ2) is 6.28. The molecule has 0 saturated carbocycles. The number of halogens is 2.